The molecule has 7 nitrogen and oxygen atoms in total. The third-order valence-corrected chi connectivity index (χ3v) is 3.44. The second-order valence-electron chi connectivity index (χ2n) is 7.32. The van der Waals surface area contributed by atoms with Crippen molar-refractivity contribution in [2.75, 3.05) is 32.1 Å². The van der Waals surface area contributed by atoms with E-state index in [0.717, 1.165) is 6.42 Å². The molecule has 0 spiro atoms. The van der Waals surface area contributed by atoms with E-state index in [2.05, 4.69) is 42.7 Å². The number of rotatable bonds is 9. The van der Waals surface area contributed by atoms with Gasteiger partial charge in [0.2, 0.25) is 11.8 Å². The van der Waals surface area contributed by atoms with E-state index in [1.807, 2.05) is 0 Å². The highest BCUT2D eigenvalue weighted by molar-refractivity contribution is 5.93. The molecule has 2 amide bonds. The van der Waals surface area contributed by atoms with Crippen molar-refractivity contribution in [3.63, 3.8) is 0 Å². The van der Waals surface area contributed by atoms with Crippen LogP contribution in [0.25, 0.3) is 0 Å². The molecule has 1 rings (SSSR count). The van der Waals surface area contributed by atoms with Crippen molar-refractivity contribution in [2.45, 2.75) is 40.5 Å². The van der Waals surface area contributed by atoms with Gasteiger partial charge in [0.1, 0.15) is 6.26 Å². The van der Waals surface area contributed by atoms with E-state index in [0.29, 0.717) is 25.4 Å². The molecule has 0 saturated heterocycles. The number of nitrogens with one attached hydrogen (secondary N) is 1. The molecule has 7 heteroatoms. The zero-order chi connectivity index (χ0) is 18.2. The van der Waals surface area contributed by atoms with Crippen molar-refractivity contribution < 1.29 is 18.8 Å². The molecule has 0 aliphatic rings. The third kappa shape index (κ3) is 8.10. The first-order valence-electron chi connectivity index (χ1n) is 8.18. The van der Waals surface area contributed by atoms with E-state index in [-0.39, 0.29) is 29.7 Å². The highest BCUT2D eigenvalue weighted by Gasteiger charge is 2.22. The van der Waals surface area contributed by atoms with Gasteiger partial charge in [-0.05, 0) is 17.8 Å². The van der Waals surface area contributed by atoms with Gasteiger partial charge in [-0.25, -0.2) is 0 Å². The number of hydrogen-bond acceptors (Lipinski definition) is 5. The number of carbonyl (C=O) groups excluding carboxylic acids is 2. The summed E-state index contributed by atoms with van der Waals surface area (Å²) < 4.78 is 9.71. The van der Waals surface area contributed by atoms with Crippen LogP contribution in [0.3, 0.4) is 0 Å². The molecule has 1 atom stereocenters. The molecule has 1 aromatic rings. The Labute approximate surface area is 143 Å². The van der Waals surface area contributed by atoms with Crippen LogP contribution in [0, 0.1) is 11.3 Å². The molecule has 136 valence electrons. The molecule has 0 radical (unpaired) electrons. The van der Waals surface area contributed by atoms with Crippen molar-refractivity contribution in [1.29, 1.82) is 0 Å². The third-order valence-electron chi connectivity index (χ3n) is 3.44. The van der Waals surface area contributed by atoms with Crippen LogP contribution in [0.4, 0.5) is 5.82 Å². The number of carbonyl (C=O) groups is 2. The number of amides is 2. The zero-order valence-corrected chi connectivity index (χ0v) is 15.3. The summed E-state index contributed by atoms with van der Waals surface area (Å²) >= 11 is 0. The summed E-state index contributed by atoms with van der Waals surface area (Å²) in [7, 11) is 1.57. The maximum absolute atomic E-state index is 12.5. The lowest BCUT2D eigenvalue weighted by atomic mass is 9.84. The molecule has 0 aliphatic carbocycles. The number of anilines is 1. The van der Waals surface area contributed by atoms with Crippen molar-refractivity contribution >= 4 is 17.6 Å². The van der Waals surface area contributed by atoms with E-state index in [9.17, 15) is 9.59 Å². The summed E-state index contributed by atoms with van der Waals surface area (Å²) in [4.78, 5) is 26.1. The lowest BCUT2D eigenvalue weighted by Crippen LogP contribution is -2.40. The Morgan fingerprint density at radius 2 is 2.12 bits per heavy atom. The van der Waals surface area contributed by atoms with Gasteiger partial charge in [-0.3, -0.25) is 9.59 Å². The Morgan fingerprint density at radius 3 is 2.67 bits per heavy atom. The second-order valence-corrected chi connectivity index (χ2v) is 7.32. The van der Waals surface area contributed by atoms with Gasteiger partial charge in [-0.2, -0.15) is 0 Å². The van der Waals surface area contributed by atoms with Crippen LogP contribution in [0.2, 0.25) is 0 Å². The fourth-order valence-electron chi connectivity index (χ4n) is 2.67. The van der Waals surface area contributed by atoms with E-state index >= 15 is 0 Å². The standard InChI is InChI=1S/C17H29N3O4/c1-13(11-17(2,3)4)10-16(22)20(7-9-23-5)12-15(21)18-14-6-8-24-19-14/h6,8,13H,7,9-12H2,1-5H3,(H,18,19,21). The quantitative estimate of drug-likeness (QED) is 0.747. The summed E-state index contributed by atoms with van der Waals surface area (Å²) in [6.45, 7) is 9.26. The van der Waals surface area contributed by atoms with Gasteiger partial charge in [-0.15, -0.1) is 0 Å². The van der Waals surface area contributed by atoms with Crippen molar-refractivity contribution in [1.82, 2.24) is 10.1 Å². The van der Waals surface area contributed by atoms with E-state index < -0.39 is 0 Å². The Morgan fingerprint density at radius 1 is 1.42 bits per heavy atom. The molecule has 0 aromatic carbocycles. The van der Waals surface area contributed by atoms with Crippen molar-refractivity contribution in [3.05, 3.63) is 12.3 Å². The van der Waals surface area contributed by atoms with Crippen LogP contribution >= 0.6 is 0 Å². The molecule has 1 aromatic heterocycles. The normalized spacial score (nSPS) is 12.7. The number of methoxy groups -OCH3 is 1. The van der Waals surface area contributed by atoms with Crippen LogP contribution in [-0.4, -0.2) is 48.7 Å². The highest BCUT2D eigenvalue weighted by atomic mass is 16.5. The number of aromatic nitrogens is 1. The maximum atomic E-state index is 12.5. The minimum Gasteiger partial charge on any atom is -0.383 e. The van der Waals surface area contributed by atoms with Crippen LogP contribution in [-0.2, 0) is 14.3 Å². The Bertz CT molecular complexity index is 508. The predicted octanol–water partition coefficient (Wildman–Crippen LogP) is 2.55. The highest BCUT2D eigenvalue weighted by Crippen LogP contribution is 2.26. The lowest BCUT2D eigenvalue weighted by Gasteiger charge is -2.26. The molecule has 1 unspecified atom stereocenters. The topological polar surface area (TPSA) is 84.7 Å². The number of nitrogens with zero attached hydrogens (tertiary/aromatic N) is 2. The van der Waals surface area contributed by atoms with Gasteiger partial charge in [0.25, 0.3) is 0 Å². The predicted molar refractivity (Wildman–Crippen MR) is 91.4 cm³/mol. The molecule has 0 fully saturated rings. The molecule has 0 saturated carbocycles. The minimum absolute atomic E-state index is 0.0305. The fourth-order valence-corrected chi connectivity index (χ4v) is 2.67. The van der Waals surface area contributed by atoms with E-state index in [1.165, 1.54) is 11.2 Å². The van der Waals surface area contributed by atoms with E-state index in [4.69, 9.17) is 4.74 Å². The van der Waals surface area contributed by atoms with Crippen LogP contribution in [0.5, 0.6) is 0 Å². The maximum Gasteiger partial charge on any atom is 0.245 e. The fraction of sp³-hybridized carbons (Fsp3) is 0.706. The van der Waals surface area contributed by atoms with Crippen LogP contribution < -0.4 is 5.32 Å². The average molecular weight is 339 g/mol. The van der Waals surface area contributed by atoms with Crippen molar-refractivity contribution in [3.8, 4) is 0 Å². The van der Waals surface area contributed by atoms with Gasteiger partial charge >= 0.3 is 0 Å². The van der Waals surface area contributed by atoms with E-state index in [1.54, 1.807) is 13.2 Å². The lowest BCUT2D eigenvalue weighted by molar-refractivity contribution is -0.136. The Balaban J connectivity index is 2.59. The molecule has 24 heavy (non-hydrogen) atoms. The molecule has 1 N–H and O–H groups in total. The number of hydrogen-bond donors (Lipinski definition) is 1. The molecule has 0 bridgehead atoms. The average Bonchev–Trinajstić information content (AvgIpc) is 2.93. The summed E-state index contributed by atoms with van der Waals surface area (Å²) in [5, 5.41) is 6.22. The van der Waals surface area contributed by atoms with Crippen LogP contribution in [0.1, 0.15) is 40.5 Å². The van der Waals surface area contributed by atoms with Gasteiger partial charge in [0, 0.05) is 26.1 Å². The summed E-state index contributed by atoms with van der Waals surface area (Å²) in [6.07, 6.45) is 2.73. The second kappa shape index (κ2) is 9.42. The summed E-state index contributed by atoms with van der Waals surface area (Å²) in [5.41, 5.74) is 0.168. The van der Waals surface area contributed by atoms with Gasteiger partial charge in [-0.1, -0.05) is 32.9 Å². The molecular formula is C17H29N3O4. The van der Waals surface area contributed by atoms with Crippen LogP contribution in [0.15, 0.2) is 16.9 Å². The number of ether oxygens (including phenoxy) is 1. The summed E-state index contributed by atoms with van der Waals surface area (Å²) in [5.74, 6) is 0.234. The van der Waals surface area contributed by atoms with Crippen molar-refractivity contribution in [2.24, 2.45) is 11.3 Å². The summed E-state index contributed by atoms with van der Waals surface area (Å²) in [6, 6.07) is 1.55. The SMILES string of the molecule is COCCN(CC(=O)Nc1ccon1)C(=O)CC(C)CC(C)(C)C. The monoisotopic (exact) mass is 339 g/mol. The first kappa shape index (κ1) is 20.2. The first-order chi connectivity index (χ1) is 11.2. The molecule has 0 aliphatic heterocycles. The zero-order valence-electron chi connectivity index (χ0n) is 15.3. The molecular weight excluding hydrogens is 310 g/mol. The largest absolute Gasteiger partial charge is 0.383 e. The minimum atomic E-state index is -0.308. The van der Waals surface area contributed by atoms with Gasteiger partial charge < -0.3 is 19.5 Å². The first-order valence-corrected chi connectivity index (χ1v) is 8.18. The molecule has 1 heterocycles. The Hall–Kier alpha value is -1.89. The Kier molecular flexibility index (Phi) is 7.91. The van der Waals surface area contributed by atoms with Gasteiger partial charge in [0.05, 0.1) is 13.2 Å². The smallest absolute Gasteiger partial charge is 0.245 e. The van der Waals surface area contributed by atoms with Gasteiger partial charge in [0.15, 0.2) is 5.82 Å².